The van der Waals surface area contributed by atoms with Crippen molar-refractivity contribution >= 4 is 53.3 Å². The number of benzene rings is 1. The van der Waals surface area contributed by atoms with Crippen LogP contribution >= 0.6 is 35.8 Å². The van der Waals surface area contributed by atoms with Gasteiger partial charge in [0.2, 0.25) is 0 Å². The third-order valence-corrected chi connectivity index (χ3v) is 8.09. The predicted molar refractivity (Wildman–Crippen MR) is 130 cm³/mol. The zero-order valence-corrected chi connectivity index (χ0v) is 20.3. The van der Waals surface area contributed by atoms with Crippen molar-refractivity contribution in [1.29, 1.82) is 0 Å². The highest BCUT2D eigenvalue weighted by Gasteiger charge is 2.44. The van der Waals surface area contributed by atoms with Crippen molar-refractivity contribution in [2.24, 2.45) is 0 Å². The summed E-state index contributed by atoms with van der Waals surface area (Å²) in [6.45, 7) is 5.61. The Morgan fingerprint density at radius 2 is 2.18 bits per heavy atom. The minimum atomic E-state index is -0.498. The van der Waals surface area contributed by atoms with Crippen molar-refractivity contribution in [3.05, 3.63) is 45.4 Å². The van der Waals surface area contributed by atoms with Gasteiger partial charge in [-0.3, -0.25) is 13.9 Å². The Hall–Kier alpha value is -2.47. The molecular weight excluding hydrogens is 486 g/mol. The number of aromatic hydroxyl groups is 2. The number of hydrogen-bond donors (Lipinski definition) is 5. The lowest BCUT2D eigenvalue weighted by Gasteiger charge is -2.43. The maximum Gasteiger partial charge on any atom is 0.255 e. The van der Waals surface area contributed by atoms with Crippen LogP contribution in [0.25, 0.3) is 5.70 Å². The van der Waals surface area contributed by atoms with Gasteiger partial charge in [-0.05, 0) is 25.6 Å². The number of phenolic OH excluding ortho intramolecular Hbond substituents is 2. The molecule has 0 aliphatic carbocycles. The quantitative estimate of drug-likeness (QED) is 0.220. The minimum Gasteiger partial charge on any atom is -0.504 e. The summed E-state index contributed by atoms with van der Waals surface area (Å²) in [7, 11) is 1.74. The first-order chi connectivity index (χ1) is 15.7. The molecule has 2 aromatic rings. The summed E-state index contributed by atoms with van der Waals surface area (Å²) in [5.74, 6) is -1.14. The molecule has 3 heterocycles. The van der Waals surface area contributed by atoms with E-state index in [1.807, 2.05) is 0 Å². The van der Waals surface area contributed by atoms with Crippen LogP contribution < -0.4 is 10.6 Å². The SMILES string of the molecule is C=C(NCC1C(NC)C(=O)N1S)c1cnc(C2CCN(C(=O)c3ccc(O)c(O)c3Cl)C2)s1. The highest BCUT2D eigenvalue weighted by Crippen LogP contribution is 2.38. The van der Waals surface area contributed by atoms with Crippen LogP contribution in [0.1, 0.15) is 32.6 Å². The van der Waals surface area contributed by atoms with Crippen LogP contribution in [0.2, 0.25) is 5.02 Å². The van der Waals surface area contributed by atoms with Gasteiger partial charge in [0.25, 0.3) is 11.8 Å². The molecule has 2 amide bonds. The number of aromatic nitrogens is 1. The standard InChI is InChI=1S/C21H24ClN5O4S2/c1-10(24-7-13-17(23-2)21(31)27(13)32)15-8-25-19(33-15)11-5-6-26(9-11)20(30)12-3-4-14(28)18(29)16(12)22/h3-4,8,11,13,17,23-24,28-29,32H,1,5-7,9H2,2H3. The molecule has 3 unspecified atom stereocenters. The molecule has 1 aromatic heterocycles. The number of thiazole rings is 1. The maximum absolute atomic E-state index is 12.9. The van der Waals surface area contributed by atoms with Crippen molar-refractivity contribution in [3.63, 3.8) is 0 Å². The summed E-state index contributed by atoms with van der Waals surface area (Å²) in [6, 6.07) is 2.32. The molecule has 12 heteroatoms. The number of hydrogen-bond acceptors (Lipinski definition) is 9. The lowest BCUT2D eigenvalue weighted by molar-refractivity contribution is -0.140. The second kappa shape index (κ2) is 9.41. The molecule has 2 aliphatic rings. The first kappa shape index (κ1) is 23.7. The lowest BCUT2D eigenvalue weighted by atomic mass is 9.99. The zero-order valence-electron chi connectivity index (χ0n) is 17.8. The molecular formula is C21H24ClN5O4S2. The Balaban J connectivity index is 1.36. The van der Waals surface area contributed by atoms with Crippen LogP contribution in [0.5, 0.6) is 11.5 Å². The number of carbonyl (C=O) groups excluding carboxylic acids is 2. The van der Waals surface area contributed by atoms with E-state index in [4.69, 9.17) is 11.6 Å². The van der Waals surface area contributed by atoms with Gasteiger partial charge in [0.15, 0.2) is 11.5 Å². The van der Waals surface area contributed by atoms with Gasteiger partial charge in [-0.1, -0.05) is 31.0 Å². The Labute approximate surface area is 205 Å². The Bertz CT molecular complexity index is 1110. The monoisotopic (exact) mass is 509 g/mol. The van der Waals surface area contributed by atoms with E-state index in [2.05, 4.69) is 35.0 Å². The first-order valence-corrected chi connectivity index (χ1v) is 11.9. The van der Waals surface area contributed by atoms with E-state index in [9.17, 15) is 19.8 Å². The van der Waals surface area contributed by atoms with Crippen molar-refractivity contribution in [1.82, 2.24) is 24.8 Å². The number of thiol groups is 1. The molecule has 33 heavy (non-hydrogen) atoms. The second-order valence-corrected chi connectivity index (χ2v) is 9.84. The van der Waals surface area contributed by atoms with Crippen LogP contribution in [0.15, 0.2) is 24.9 Å². The van der Waals surface area contributed by atoms with Crippen LogP contribution in [0, 0.1) is 0 Å². The van der Waals surface area contributed by atoms with Gasteiger partial charge in [-0.25, -0.2) is 4.98 Å². The number of amides is 2. The van der Waals surface area contributed by atoms with Crippen molar-refractivity contribution in [2.75, 3.05) is 26.7 Å². The van der Waals surface area contributed by atoms with Gasteiger partial charge < -0.3 is 25.7 Å². The highest BCUT2D eigenvalue weighted by molar-refractivity contribution is 7.78. The number of phenols is 2. The third-order valence-electron chi connectivity index (χ3n) is 6.00. The third kappa shape index (κ3) is 4.37. The van der Waals surface area contributed by atoms with Gasteiger partial charge in [0.05, 0.1) is 26.5 Å². The molecule has 3 atom stereocenters. The predicted octanol–water partition coefficient (Wildman–Crippen LogP) is 2.04. The summed E-state index contributed by atoms with van der Waals surface area (Å²) in [5.41, 5.74) is 0.865. The number of carbonyl (C=O) groups is 2. The average molecular weight is 510 g/mol. The molecule has 2 saturated heterocycles. The number of nitrogens with zero attached hydrogens (tertiary/aromatic N) is 3. The average Bonchev–Trinajstić information content (AvgIpc) is 3.49. The van der Waals surface area contributed by atoms with Crippen molar-refractivity contribution in [3.8, 4) is 11.5 Å². The largest absolute Gasteiger partial charge is 0.504 e. The maximum atomic E-state index is 12.9. The molecule has 0 saturated carbocycles. The molecule has 176 valence electrons. The van der Waals surface area contributed by atoms with Gasteiger partial charge in [-0.2, -0.15) is 0 Å². The molecule has 1 aromatic carbocycles. The van der Waals surface area contributed by atoms with Crippen LogP contribution in [0.4, 0.5) is 0 Å². The number of likely N-dealkylation sites (tertiary alicyclic amines) is 1. The van der Waals surface area contributed by atoms with E-state index in [0.717, 1.165) is 16.3 Å². The van der Waals surface area contributed by atoms with Crippen molar-refractivity contribution in [2.45, 2.75) is 24.4 Å². The molecule has 4 rings (SSSR count). The van der Waals surface area contributed by atoms with Crippen LogP contribution in [-0.2, 0) is 4.79 Å². The lowest BCUT2D eigenvalue weighted by Crippen LogP contribution is -2.68. The second-order valence-electron chi connectivity index (χ2n) is 7.97. The molecule has 0 bridgehead atoms. The van der Waals surface area contributed by atoms with Gasteiger partial charge in [0, 0.05) is 37.4 Å². The summed E-state index contributed by atoms with van der Waals surface area (Å²) in [4.78, 5) is 31.7. The fourth-order valence-corrected chi connectivity index (χ4v) is 5.59. The molecule has 4 N–H and O–H groups in total. The molecule has 0 radical (unpaired) electrons. The van der Waals surface area contributed by atoms with E-state index in [1.165, 1.54) is 27.8 Å². The fraction of sp³-hybridized carbons (Fsp3) is 0.381. The number of halogens is 1. The van der Waals surface area contributed by atoms with Gasteiger partial charge in [-0.15, -0.1) is 11.3 Å². The van der Waals surface area contributed by atoms with E-state index in [1.54, 1.807) is 18.1 Å². The van der Waals surface area contributed by atoms with E-state index in [-0.39, 0.29) is 46.2 Å². The Morgan fingerprint density at radius 1 is 1.42 bits per heavy atom. The Morgan fingerprint density at radius 3 is 2.91 bits per heavy atom. The number of β-lactam (4-membered cyclic amide) rings is 1. The topological polar surface area (TPSA) is 118 Å². The fourth-order valence-electron chi connectivity index (χ4n) is 4.02. The van der Waals surface area contributed by atoms with E-state index in [0.29, 0.717) is 25.3 Å². The number of nitrogens with one attached hydrogen (secondary N) is 2. The Kier molecular flexibility index (Phi) is 6.76. The first-order valence-electron chi connectivity index (χ1n) is 10.3. The van der Waals surface area contributed by atoms with Gasteiger partial charge >= 0.3 is 0 Å². The summed E-state index contributed by atoms with van der Waals surface area (Å²) < 4.78 is 1.41. The molecule has 2 fully saturated rings. The normalized spacial score (nSPS) is 22.4. The zero-order chi connectivity index (χ0) is 23.9. The van der Waals surface area contributed by atoms with Crippen molar-refractivity contribution < 1.29 is 19.8 Å². The molecule has 0 spiro atoms. The minimum absolute atomic E-state index is 0.0533. The molecule has 2 aliphatic heterocycles. The summed E-state index contributed by atoms with van der Waals surface area (Å²) in [6.07, 6.45) is 2.51. The van der Waals surface area contributed by atoms with Crippen LogP contribution in [0.3, 0.4) is 0 Å². The summed E-state index contributed by atoms with van der Waals surface area (Å²) >= 11 is 11.8. The van der Waals surface area contributed by atoms with Gasteiger partial charge in [0.1, 0.15) is 6.04 Å². The molecule has 9 nitrogen and oxygen atoms in total. The number of likely N-dealkylation sites (N-methyl/N-ethyl adjacent to an activating group) is 1. The van der Waals surface area contributed by atoms with E-state index >= 15 is 0 Å². The van der Waals surface area contributed by atoms with E-state index < -0.39 is 5.75 Å². The highest BCUT2D eigenvalue weighted by atomic mass is 35.5. The van der Waals surface area contributed by atoms with Crippen LogP contribution in [-0.4, -0.2) is 75.0 Å². The number of rotatable bonds is 7. The summed E-state index contributed by atoms with van der Waals surface area (Å²) in [5, 5.41) is 26.3. The smallest absolute Gasteiger partial charge is 0.255 e.